The Bertz CT molecular complexity index is 644. The highest BCUT2D eigenvalue weighted by Crippen LogP contribution is 2.32. The van der Waals surface area contributed by atoms with Gasteiger partial charge in [-0.25, -0.2) is 0 Å². The van der Waals surface area contributed by atoms with Crippen LogP contribution in [-0.4, -0.2) is 22.7 Å². The Kier molecular flexibility index (Phi) is 2.16. The van der Waals surface area contributed by atoms with Gasteiger partial charge in [-0.1, -0.05) is 6.07 Å². The zero-order valence-electron chi connectivity index (χ0n) is 10.3. The van der Waals surface area contributed by atoms with Crippen LogP contribution in [0.4, 0.5) is 11.5 Å². The predicted octanol–water partition coefficient (Wildman–Crippen LogP) is 1.19. The standard InChI is InChI=1S/C13H14N4O/c1-16-10-4-3-8(5-9(10)6-13(16)18)11-7-12(14)15-17(11)2/h3-5,7H,6H2,1-2H3,(H2,14,15). The molecular weight excluding hydrogens is 228 g/mol. The number of nitrogens with two attached hydrogens (primary N) is 1. The van der Waals surface area contributed by atoms with Crippen LogP contribution in [0.3, 0.4) is 0 Å². The molecule has 0 saturated carbocycles. The van der Waals surface area contributed by atoms with E-state index in [1.54, 1.807) is 16.6 Å². The van der Waals surface area contributed by atoms with Crippen molar-refractivity contribution in [2.24, 2.45) is 7.05 Å². The number of benzene rings is 1. The van der Waals surface area contributed by atoms with Crippen molar-refractivity contribution in [1.29, 1.82) is 0 Å². The van der Waals surface area contributed by atoms with E-state index in [-0.39, 0.29) is 5.91 Å². The molecule has 0 unspecified atom stereocenters. The van der Waals surface area contributed by atoms with E-state index in [9.17, 15) is 4.79 Å². The van der Waals surface area contributed by atoms with E-state index in [0.29, 0.717) is 12.2 Å². The highest BCUT2D eigenvalue weighted by atomic mass is 16.2. The van der Waals surface area contributed by atoms with Crippen molar-refractivity contribution in [2.45, 2.75) is 6.42 Å². The number of hydrogen-bond donors (Lipinski definition) is 1. The Morgan fingerprint density at radius 1 is 1.28 bits per heavy atom. The van der Waals surface area contributed by atoms with Gasteiger partial charge in [0.25, 0.3) is 0 Å². The summed E-state index contributed by atoms with van der Waals surface area (Å²) in [5, 5.41) is 4.13. The Morgan fingerprint density at radius 2 is 2.06 bits per heavy atom. The van der Waals surface area contributed by atoms with Gasteiger partial charge >= 0.3 is 0 Å². The first-order valence-electron chi connectivity index (χ1n) is 5.75. The molecule has 92 valence electrons. The van der Waals surface area contributed by atoms with Crippen molar-refractivity contribution in [1.82, 2.24) is 9.78 Å². The van der Waals surface area contributed by atoms with Gasteiger partial charge in [0.1, 0.15) is 5.82 Å². The second kappa shape index (κ2) is 3.60. The molecule has 1 aromatic carbocycles. The summed E-state index contributed by atoms with van der Waals surface area (Å²) in [5.74, 6) is 0.632. The minimum absolute atomic E-state index is 0.131. The molecule has 0 fully saturated rings. The molecule has 1 amide bonds. The van der Waals surface area contributed by atoms with Crippen molar-refractivity contribution in [2.75, 3.05) is 17.7 Å². The number of hydrogen-bond acceptors (Lipinski definition) is 3. The van der Waals surface area contributed by atoms with E-state index in [4.69, 9.17) is 5.73 Å². The number of carbonyl (C=O) groups excluding carboxylic acids is 1. The van der Waals surface area contributed by atoms with Crippen LogP contribution in [-0.2, 0) is 18.3 Å². The Hall–Kier alpha value is -2.30. The van der Waals surface area contributed by atoms with Gasteiger partial charge in [0.05, 0.1) is 12.1 Å². The van der Waals surface area contributed by atoms with Crippen LogP contribution in [0.5, 0.6) is 0 Å². The third kappa shape index (κ3) is 1.48. The first-order valence-corrected chi connectivity index (χ1v) is 5.75. The summed E-state index contributed by atoms with van der Waals surface area (Å²) in [6.07, 6.45) is 0.465. The third-order valence-electron chi connectivity index (χ3n) is 3.35. The van der Waals surface area contributed by atoms with Crippen molar-refractivity contribution in [3.05, 3.63) is 29.8 Å². The SMILES string of the molecule is CN1C(=O)Cc2cc(-c3cc(N)nn3C)ccc21. The molecule has 0 radical (unpaired) electrons. The van der Waals surface area contributed by atoms with E-state index in [1.165, 1.54) is 0 Å². The van der Waals surface area contributed by atoms with Crippen LogP contribution < -0.4 is 10.6 Å². The number of aryl methyl sites for hydroxylation is 1. The Labute approximate surface area is 105 Å². The van der Waals surface area contributed by atoms with Crippen LogP contribution >= 0.6 is 0 Å². The lowest BCUT2D eigenvalue weighted by molar-refractivity contribution is -0.117. The number of amides is 1. The maximum absolute atomic E-state index is 11.6. The van der Waals surface area contributed by atoms with Gasteiger partial charge in [-0.05, 0) is 17.7 Å². The number of carbonyl (C=O) groups is 1. The van der Waals surface area contributed by atoms with E-state index in [1.807, 2.05) is 31.3 Å². The van der Waals surface area contributed by atoms with Crippen molar-refractivity contribution < 1.29 is 4.79 Å². The Balaban J connectivity index is 2.09. The minimum atomic E-state index is 0.131. The molecule has 5 heteroatoms. The number of aromatic nitrogens is 2. The molecule has 1 aliphatic heterocycles. The lowest BCUT2D eigenvalue weighted by Gasteiger charge is -2.10. The molecule has 0 aliphatic carbocycles. The molecule has 3 rings (SSSR count). The largest absolute Gasteiger partial charge is 0.382 e. The predicted molar refractivity (Wildman–Crippen MR) is 70.2 cm³/mol. The molecule has 0 atom stereocenters. The molecule has 1 aromatic heterocycles. The first kappa shape index (κ1) is 10.8. The van der Waals surface area contributed by atoms with E-state index >= 15 is 0 Å². The van der Waals surface area contributed by atoms with Gasteiger partial charge in [-0.15, -0.1) is 0 Å². The molecular formula is C13H14N4O. The van der Waals surface area contributed by atoms with Gasteiger partial charge in [0.2, 0.25) is 5.91 Å². The van der Waals surface area contributed by atoms with Crippen LogP contribution in [0.25, 0.3) is 11.3 Å². The summed E-state index contributed by atoms with van der Waals surface area (Å²) in [7, 11) is 3.66. The lowest BCUT2D eigenvalue weighted by Crippen LogP contribution is -2.20. The lowest BCUT2D eigenvalue weighted by atomic mass is 10.1. The minimum Gasteiger partial charge on any atom is -0.382 e. The normalized spacial score (nSPS) is 14.1. The van der Waals surface area contributed by atoms with Gasteiger partial charge in [-0.2, -0.15) is 5.10 Å². The van der Waals surface area contributed by atoms with Crippen molar-refractivity contribution in [3.63, 3.8) is 0 Å². The number of nitrogen functional groups attached to an aromatic ring is 1. The molecule has 0 bridgehead atoms. The van der Waals surface area contributed by atoms with Crippen molar-refractivity contribution >= 4 is 17.4 Å². The summed E-state index contributed by atoms with van der Waals surface area (Å²) < 4.78 is 1.75. The van der Waals surface area contributed by atoms with Crippen LogP contribution in [0.1, 0.15) is 5.56 Å². The summed E-state index contributed by atoms with van der Waals surface area (Å²) in [6, 6.07) is 7.83. The van der Waals surface area contributed by atoms with Crippen LogP contribution in [0.2, 0.25) is 0 Å². The van der Waals surface area contributed by atoms with Gasteiger partial charge in [-0.3, -0.25) is 9.48 Å². The number of nitrogens with zero attached hydrogens (tertiary/aromatic N) is 3. The number of likely N-dealkylation sites (N-methyl/N-ethyl adjacent to an activating group) is 1. The third-order valence-corrected chi connectivity index (χ3v) is 3.35. The maximum atomic E-state index is 11.6. The molecule has 2 N–H and O–H groups in total. The van der Waals surface area contributed by atoms with Gasteiger partial charge < -0.3 is 10.6 Å². The molecule has 2 aromatic rings. The monoisotopic (exact) mass is 242 g/mol. The van der Waals surface area contributed by atoms with Crippen LogP contribution in [0.15, 0.2) is 24.3 Å². The van der Waals surface area contributed by atoms with E-state index in [2.05, 4.69) is 5.10 Å². The summed E-state index contributed by atoms with van der Waals surface area (Å²) in [4.78, 5) is 13.3. The second-order valence-corrected chi connectivity index (χ2v) is 4.55. The molecule has 0 spiro atoms. The highest BCUT2D eigenvalue weighted by Gasteiger charge is 2.24. The summed E-state index contributed by atoms with van der Waals surface area (Å²) in [5.41, 5.74) is 9.71. The average Bonchev–Trinajstić information content (AvgIpc) is 2.80. The zero-order chi connectivity index (χ0) is 12.9. The molecule has 1 aliphatic rings. The van der Waals surface area contributed by atoms with Gasteiger partial charge in [0.15, 0.2) is 0 Å². The average molecular weight is 242 g/mol. The molecule has 0 saturated heterocycles. The number of rotatable bonds is 1. The number of anilines is 2. The van der Waals surface area contributed by atoms with E-state index < -0.39 is 0 Å². The zero-order valence-corrected chi connectivity index (χ0v) is 10.3. The molecule has 18 heavy (non-hydrogen) atoms. The summed E-state index contributed by atoms with van der Waals surface area (Å²) in [6.45, 7) is 0. The highest BCUT2D eigenvalue weighted by molar-refractivity contribution is 6.01. The fourth-order valence-corrected chi connectivity index (χ4v) is 2.39. The Morgan fingerprint density at radius 3 is 2.72 bits per heavy atom. The summed E-state index contributed by atoms with van der Waals surface area (Å²) >= 11 is 0. The second-order valence-electron chi connectivity index (χ2n) is 4.55. The molecule has 5 nitrogen and oxygen atoms in total. The fraction of sp³-hybridized carbons (Fsp3) is 0.231. The van der Waals surface area contributed by atoms with Crippen molar-refractivity contribution in [3.8, 4) is 11.3 Å². The number of fused-ring (bicyclic) bond motifs is 1. The fourth-order valence-electron chi connectivity index (χ4n) is 2.39. The smallest absolute Gasteiger partial charge is 0.231 e. The van der Waals surface area contributed by atoms with Crippen LogP contribution in [0, 0.1) is 0 Å². The molecule has 2 heterocycles. The first-order chi connectivity index (χ1) is 8.56. The topological polar surface area (TPSA) is 64.2 Å². The quantitative estimate of drug-likeness (QED) is 0.817. The van der Waals surface area contributed by atoms with E-state index in [0.717, 1.165) is 22.5 Å². The van der Waals surface area contributed by atoms with Gasteiger partial charge in [0, 0.05) is 31.4 Å². The maximum Gasteiger partial charge on any atom is 0.231 e.